The van der Waals surface area contributed by atoms with Gasteiger partial charge in [0.25, 0.3) is 0 Å². The molecule has 0 bridgehead atoms. The van der Waals surface area contributed by atoms with Gasteiger partial charge in [-0.1, -0.05) is 0 Å². The van der Waals surface area contributed by atoms with Gasteiger partial charge in [0, 0.05) is 0 Å². The van der Waals surface area contributed by atoms with E-state index in [1.165, 1.54) is 3.21 Å². The molecule has 0 saturated heterocycles. The fourth-order valence-electron chi connectivity index (χ4n) is 0.581. The first-order valence-electron chi connectivity index (χ1n) is 4.46. The van der Waals surface area contributed by atoms with Gasteiger partial charge in [-0.3, -0.25) is 6.08 Å². The molecule has 1 heterocycles. The Bertz CT molecular complexity index is 249. The topological polar surface area (TPSA) is 15.8 Å². The molecule has 2 rings (SSSR count). The number of aromatic amines is 1. The van der Waals surface area contributed by atoms with Crippen LogP contribution < -0.4 is 0 Å². The molecule has 1 aliphatic carbocycles. The summed E-state index contributed by atoms with van der Waals surface area (Å²) in [5, 5.41) is 0. The zero-order valence-electron chi connectivity index (χ0n) is 13.5. The summed E-state index contributed by atoms with van der Waals surface area (Å²) in [6.45, 7) is 4.25. The molecule has 1 aromatic heterocycles. The summed E-state index contributed by atoms with van der Waals surface area (Å²) in [5.74, 6) is 0. The van der Waals surface area contributed by atoms with Crippen LogP contribution in [0, 0.1) is 42.0 Å². The van der Waals surface area contributed by atoms with Crippen molar-refractivity contribution in [2.24, 2.45) is 0 Å². The number of halogens is 2. The minimum absolute atomic E-state index is 0. The molecule has 0 aromatic carbocycles. The molecule has 0 unspecified atom stereocenters. The van der Waals surface area contributed by atoms with Gasteiger partial charge in [-0.05, 0) is 0 Å². The van der Waals surface area contributed by atoms with Crippen molar-refractivity contribution in [1.29, 1.82) is 0 Å². The maximum absolute atomic E-state index is 2.99. The number of hydrogen-bond acceptors (Lipinski definition) is 0. The minimum atomic E-state index is 0. The van der Waals surface area contributed by atoms with Crippen LogP contribution in [0.2, 0.25) is 0 Å². The van der Waals surface area contributed by atoms with E-state index >= 15 is 0 Å². The third-order valence-corrected chi connectivity index (χ3v) is 1.03. The molecule has 0 amide bonds. The quantitative estimate of drug-likeness (QED) is 0.556. The summed E-state index contributed by atoms with van der Waals surface area (Å²) >= 11 is 1.55. The molecular formula is C16H29Cl2NZr-6. The average Bonchev–Trinajstić information content (AvgIpc) is 2.83. The van der Waals surface area contributed by atoms with E-state index in [0.29, 0.717) is 0 Å². The molecular weight excluding hydrogens is 368 g/mol. The van der Waals surface area contributed by atoms with E-state index in [1.807, 2.05) is 30.5 Å². The predicted octanol–water partition coefficient (Wildman–Crippen LogP) is 5.51. The molecule has 1 nitrogen and oxygen atoms in total. The predicted molar refractivity (Wildman–Crippen MR) is 97.7 cm³/mol. The Balaban J connectivity index is -0.0000000222. The molecule has 0 radical (unpaired) electrons. The number of H-pyrrole nitrogens is 1. The van der Waals surface area contributed by atoms with Crippen molar-refractivity contribution in [3.05, 3.63) is 78.5 Å². The van der Waals surface area contributed by atoms with E-state index in [1.54, 1.807) is 24.2 Å². The summed E-state index contributed by atoms with van der Waals surface area (Å²) in [6.07, 6.45) is 14.6. The largest absolute Gasteiger partial charge is 0.484 e. The first-order chi connectivity index (χ1) is 6.73. The fraction of sp³-hybridized carbons (Fsp3) is 0.188. The van der Waals surface area contributed by atoms with Gasteiger partial charge in [0.05, 0.1) is 0 Å². The second kappa shape index (κ2) is 36.5. The fourth-order valence-corrected chi connectivity index (χ4v) is 0.581. The first-order valence-corrected chi connectivity index (χ1v) is 5.69. The van der Waals surface area contributed by atoms with Gasteiger partial charge >= 0.3 is 41.3 Å². The Hall–Kier alpha value is 0.0931. The minimum Gasteiger partial charge on any atom is -0.484 e. The molecule has 1 aliphatic rings. The van der Waals surface area contributed by atoms with E-state index in [4.69, 9.17) is 0 Å². The normalized spacial score (nSPS) is 7.65. The Morgan fingerprint density at radius 3 is 1.70 bits per heavy atom. The smallest absolute Gasteiger partial charge is 0.108 e. The second-order valence-corrected chi connectivity index (χ2v) is 5.28. The van der Waals surface area contributed by atoms with E-state index in [-0.39, 0.29) is 54.5 Å². The summed E-state index contributed by atoms with van der Waals surface area (Å²) in [5.41, 5.74) is 0. The number of allylic oxidation sites excluding steroid dienone is 4. The molecule has 4 heteroatoms. The van der Waals surface area contributed by atoms with Crippen molar-refractivity contribution in [2.45, 2.75) is 20.3 Å². The Morgan fingerprint density at radius 1 is 1.10 bits per heavy atom. The average molecular weight is 398 g/mol. The number of nitrogens with one attached hydrogen (secondary N) is 1. The van der Waals surface area contributed by atoms with Gasteiger partial charge in [0.2, 0.25) is 0 Å². The van der Waals surface area contributed by atoms with Gasteiger partial charge in [-0.2, -0.15) is 24.4 Å². The third kappa shape index (κ3) is 51.9. The molecule has 20 heavy (non-hydrogen) atoms. The van der Waals surface area contributed by atoms with E-state index < -0.39 is 0 Å². The molecule has 1 N–H and O–H groups in total. The van der Waals surface area contributed by atoms with Crippen LogP contribution in [-0.4, -0.2) is 8.19 Å². The van der Waals surface area contributed by atoms with Gasteiger partial charge in [0.1, 0.15) is 0 Å². The van der Waals surface area contributed by atoms with Crippen LogP contribution >= 0.6 is 24.8 Å². The monoisotopic (exact) mass is 395 g/mol. The van der Waals surface area contributed by atoms with Crippen molar-refractivity contribution >= 4 is 28.0 Å². The van der Waals surface area contributed by atoms with E-state index in [2.05, 4.69) is 37.2 Å². The second-order valence-electron chi connectivity index (χ2n) is 2.82. The standard InChI is InChI=1S/C5H5.C4H4N.C3H6.4CH3.2ClH.Zr/c2*1-2-4-5-3-1;1-3-2;;;;;;;/h1-3H,4H2;1-3,5H;1-2H3;4*1H3;2*1H;/q2*-1;;4*-1;;;. The van der Waals surface area contributed by atoms with Crippen molar-refractivity contribution in [3.8, 4) is 0 Å². The van der Waals surface area contributed by atoms with Gasteiger partial charge in [-0.25, -0.2) is 12.2 Å². The number of aromatic nitrogens is 1. The van der Waals surface area contributed by atoms with Gasteiger partial charge in [0.15, 0.2) is 0 Å². The summed E-state index contributed by atoms with van der Waals surface area (Å²) in [4.78, 5) is 2.74. The van der Waals surface area contributed by atoms with Crippen LogP contribution in [0.15, 0.2) is 36.6 Å². The number of rotatable bonds is 0. The molecule has 0 aliphatic heterocycles. The molecule has 0 saturated carbocycles. The first kappa shape index (κ1) is 42.7. The van der Waals surface area contributed by atoms with E-state index in [0.717, 1.165) is 6.42 Å². The van der Waals surface area contributed by atoms with Crippen LogP contribution in [0.3, 0.4) is 0 Å². The van der Waals surface area contributed by atoms with Crippen LogP contribution in [0.25, 0.3) is 0 Å². The summed E-state index contributed by atoms with van der Waals surface area (Å²) in [7, 11) is 0. The number of hydrogen-bond donors (Lipinski definition) is 1. The Kier molecular flexibility index (Phi) is 77.9. The Morgan fingerprint density at radius 2 is 1.60 bits per heavy atom. The van der Waals surface area contributed by atoms with Crippen molar-refractivity contribution in [2.75, 3.05) is 0 Å². The van der Waals surface area contributed by atoms with Crippen molar-refractivity contribution in [1.82, 2.24) is 4.98 Å². The van der Waals surface area contributed by atoms with Crippen LogP contribution in [-0.2, 0) is 24.2 Å². The van der Waals surface area contributed by atoms with Crippen molar-refractivity contribution in [3.63, 3.8) is 0 Å². The molecule has 0 atom stereocenters. The maximum atomic E-state index is 2.99. The molecule has 122 valence electrons. The Labute approximate surface area is 155 Å². The van der Waals surface area contributed by atoms with E-state index in [9.17, 15) is 0 Å². The van der Waals surface area contributed by atoms with Crippen LogP contribution in [0.1, 0.15) is 20.3 Å². The van der Waals surface area contributed by atoms with Crippen LogP contribution in [0.5, 0.6) is 0 Å². The zero-order valence-corrected chi connectivity index (χ0v) is 17.6. The maximum Gasteiger partial charge on any atom is -0.108 e. The summed E-state index contributed by atoms with van der Waals surface area (Å²) in [6, 6.07) is 3.71. The molecule has 1 aromatic rings. The zero-order chi connectivity index (χ0) is 10.6. The van der Waals surface area contributed by atoms with Crippen molar-refractivity contribution < 1.29 is 24.2 Å². The molecule has 0 fully saturated rings. The van der Waals surface area contributed by atoms with Gasteiger partial charge in [-0.15, -0.1) is 37.4 Å². The SMILES string of the molecule is C[C](C)=[Zr].Cl.Cl.[C-]1=CC=CC1.[CH3-].[CH3-].[CH3-].[CH3-].[c-]1ccc[nH]1. The summed E-state index contributed by atoms with van der Waals surface area (Å²) < 4.78 is 1.51. The third-order valence-electron chi connectivity index (χ3n) is 1.03. The van der Waals surface area contributed by atoms with Gasteiger partial charge < -0.3 is 34.7 Å². The molecule has 0 spiro atoms. The van der Waals surface area contributed by atoms with Crippen LogP contribution in [0.4, 0.5) is 0 Å².